The highest BCUT2D eigenvalue weighted by Gasteiger charge is 2.15. The molecule has 1 amide bonds. The number of carbonyl (C=O) groups is 1. The van der Waals surface area contributed by atoms with Crippen LogP contribution in [0.5, 0.6) is 0 Å². The van der Waals surface area contributed by atoms with Crippen molar-refractivity contribution < 1.29 is 4.79 Å². The Morgan fingerprint density at radius 2 is 1.87 bits per heavy atom. The van der Waals surface area contributed by atoms with E-state index in [2.05, 4.69) is 55.3 Å². The minimum Gasteiger partial charge on any atom is -0.354 e. The zero-order valence-corrected chi connectivity index (χ0v) is 14.1. The van der Waals surface area contributed by atoms with E-state index in [4.69, 9.17) is 0 Å². The first kappa shape index (κ1) is 15.6. The zero-order valence-electron chi connectivity index (χ0n) is 14.1. The van der Waals surface area contributed by atoms with E-state index >= 15 is 0 Å². The average Bonchev–Trinajstić information content (AvgIpc) is 2.93. The summed E-state index contributed by atoms with van der Waals surface area (Å²) in [5, 5.41) is 5.50. The number of carbonyl (C=O) groups excluding carboxylic acids is 1. The Hall–Kier alpha value is -2.29. The van der Waals surface area contributed by atoms with E-state index < -0.39 is 0 Å². The molecule has 0 unspecified atom stereocenters. The Balaban J connectivity index is 1.99. The van der Waals surface area contributed by atoms with Crippen molar-refractivity contribution in [3.63, 3.8) is 0 Å². The fourth-order valence-electron chi connectivity index (χ4n) is 3.27. The molecule has 0 atom stereocenters. The van der Waals surface area contributed by atoms with Crippen LogP contribution < -0.4 is 5.32 Å². The van der Waals surface area contributed by atoms with E-state index in [1.807, 2.05) is 12.1 Å². The lowest BCUT2D eigenvalue weighted by molar-refractivity contribution is -0.120. The van der Waals surface area contributed by atoms with Crippen molar-refractivity contribution >= 4 is 33.4 Å². The van der Waals surface area contributed by atoms with Gasteiger partial charge in [0.05, 0.1) is 0 Å². The number of hydrogen-bond donors (Lipinski definition) is 2. The molecule has 0 radical (unpaired) electrons. The SMILES string of the molecule is CCc1cccc2c1[nH]c1cc(NC(=O)C(CC)CC)ccc12. The summed E-state index contributed by atoms with van der Waals surface area (Å²) in [4.78, 5) is 15.8. The minimum absolute atomic E-state index is 0.0834. The standard InChI is InChI=1S/C20H24N2O/c1-4-13(5-2)20(23)21-15-10-11-16-17-9-7-8-14(6-3)19(17)22-18(16)12-15/h7-13,22H,4-6H2,1-3H3,(H,21,23). The molecule has 0 saturated carbocycles. The van der Waals surface area contributed by atoms with Crippen LogP contribution in [0.4, 0.5) is 5.69 Å². The second-order valence-corrected chi connectivity index (χ2v) is 6.08. The molecule has 0 bridgehead atoms. The van der Waals surface area contributed by atoms with Crippen LogP contribution in [0.1, 0.15) is 39.2 Å². The second-order valence-electron chi connectivity index (χ2n) is 6.08. The third-order valence-corrected chi connectivity index (χ3v) is 4.72. The number of rotatable bonds is 5. The fourth-order valence-corrected chi connectivity index (χ4v) is 3.27. The quantitative estimate of drug-likeness (QED) is 0.663. The highest BCUT2D eigenvalue weighted by molar-refractivity contribution is 6.09. The van der Waals surface area contributed by atoms with Gasteiger partial charge in [-0.25, -0.2) is 0 Å². The van der Waals surface area contributed by atoms with E-state index in [1.54, 1.807) is 0 Å². The van der Waals surface area contributed by atoms with Crippen LogP contribution in [0.15, 0.2) is 36.4 Å². The van der Waals surface area contributed by atoms with Crippen molar-refractivity contribution in [1.29, 1.82) is 0 Å². The molecule has 3 rings (SSSR count). The first-order valence-electron chi connectivity index (χ1n) is 8.52. The number of anilines is 1. The van der Waals surface area contributed by atoms with Gasteiger partial charge in [-0.1, -0.05) is 45.0 Å². The molecule has 0 saturated heterocycles. The summed E-state index contributed by atoms with van der Waals surface area (Å²) in [7, 11) is 0. The number of fused-ring (bicyclic) bond motifs is 3. The molecule has 0 aliphatic heterocycles. The number of H-pyrrole nitrogens is 1. The highest BCUT2D eigenvalue weighted by Crippen LogP contribution is 2.30. The van der Waals surface area contributed by atoms with Gasteiger partial charge in [0, 0.05) is 33.4 Å². The summed E-state index contributed by atoms with van der Waals surface area (Å²) in [6, 6.07) is 12.5. The molecule has 3 aromatic rings. The molecule has 0 aliphatic rings. The van der Waals surface area contributed by atoms with Gasteiger partial charge in [-0.3, -0.25) is 4.79 Å². The fraction of sp³-hybridized carbons (Fsp3) is 0.350. The molecule has 0 fully saturated rings. The van der Waals surface area contributed by atoms with Crippen LogP contribution >= 0.6 is 0 Å². The predicted octanol–water partition coefficient (Wildman–Crippen LogP) is 5.26. The Morgan fingerprint density at radius 1 is 1.09 bits per heavy atom. The number of nitrogens with one attached hydrogen (secondary N) is 2. The maximum atomic E-state index is 12.3. The number of aromatic nitrogens is 1. The van der Waals surface area contributed by atoms with Gasteiger partial charge in [0.1, 0.15) is 0 Å². The monoisotopic (exact) mass is 308 g/mol. The number of hydrogen-bond acceptors (Lipinski definition) is 1. The molecule has 23 heavy (non-hydrogen) atoms. The van der Waals surface area contributed by atoms with Crippen molar-refractivity contribution in [1.82, 2.24) is 4.98 Å². The third-order valence-electron chi connectivity index (χ3n) is 4.72. The second kappa shape index (κ2) is 6.45. The number of amides is 1. The molecular formula is C20H24N2O. The first-order chi connectivity index (χ1) is 11.2. The van der Waals surface area contributed by atoms with Gasteiger partial charge in [-0.2, -0.15) is 0 Å². The van der Waals surface area contributed by atoms with E-state index in [9.17, 15) is 4.79 Å². The summed E-state index contributed by atoms with van der Waals surface area (Å²) < 4.78 is 0. The molecule has 3 heteroatoms. The lowest BCUT2D eigenvalue weighted by Crippen LogP contribution is -2.21. The topological polar surface area (TPSA) is 44.9 Å². The summed E-state index contributed by atoms with van der Waals surface area (Å²) >= 11 is 0. The van der Waals surface area contributed by atoms with E-state index in [0.717, 1.165) is 30.5 Å². The molecule has 2 N–H and O–H groups in total. The molecule has 120 valence electrons. The largest absolute Gasteiger partial charge is 0.354 e. The normalized spacial score (nSPS) is 11.5. The van der Waals surface area contributed by atoms with Crippen LogP contribution in [0.2, 0.25) is 0 Å². The van der Waals surface area contributed by atoms with Crippen LogP contribution in [0.25, 0.3) is 21.8 Å². The molecule has 0 aliphatic carbocycles. The van der Waals surface area contributed by atoms with Gasteiger partial charge in [0.15, 0.2) is 0 Å². The van der Waals surface area contributed by atoms with Gasteiger partial charge in [0.25, 0.3) is 0 Å². The molecule has 1 heterocycles. The van der Waals surface area contributed by atoms with Gasteiger partial charge < -0.3 is 10.3 Å². The van der Waals surface area contributed by atoms with Crippen LogP contribution in [0.3, 0.4) is 0 Å². The van der Waals surface area contributed by atoms with Crippen molar-refractivity contribution in [3.8, 4) is 0 Å². The Labute approximate surface area is 137 Å². The number of benzene rings is 2. The lowest BCUT2D eigenvalue weighted by atomic mass is 10.0. The number of aromatic amines is 1. The van der Waals surface area contributed by atoms with E-state index in [-0.39, 0.29) is 11.8 Å². The summed E-state index contributed by atoms with van der Waals surface area (Å²) in [6.45, 7) is 6.28. The lowest BCUT2D eigenvalue weighted by Gasteiger charge is -2.12. The molecule has 2 aromatic carbocycles. The van der Waals surface area contributed by atoms with Crippen LogP contribution in [-0.2, 0) is 11.2 Å². The Bertz CT molecular complexity index is 843. The van der Waals surface area contributed by atoms with Crippen molar-refractivity contribution in [3.05, 3.63) is 42.0 Å². The van der Waals surface area contributed by atoms with Gasteiger partial charge in [-0.05, 0) is 37.0 Å². The maximum Gasteiger partial charge on any atom is 0.227 e. The molecular weight excluding hydrogens is 284 g/mol. The minimum atomic E-state index is 0.0834. The molecule has 0 spiro atoms. The maximum absolute atomic E-state index is 12.3. The van der Waals surface area contributed by atoms with Gasteiger partial charge >= 0.3 is 0 Å². The van der Waals surface area contributed by atoms with Crippen molar-refractivity contribution in [2.24, 2.45) is 5.92 Å². The predicted molar refractivity (Wildman–Crippen MR) is 97.9 cm³/mol. The Kier molecular flexibility index (Phi) is 4.37. The van der Waals surface area contributed by atoms with Crippen LogP contribution in [0, 0.1) is 5.92 Å². The number of para-hydroxylation sites is 1. The molecule has 3 nitrogen and oxygen atoms in total. The zero-order chi connectivity index (χ0) is 16.4. The first-order valence-corrected chi connectivity index (χ1v) is 8.52. The highest BCUT2D eigenvalue weighted by atomic mass is 16.1. The van der Waals surface area contributed by atoms with Crippen molar-refractivity contribution in [2.45, 2.75) is 40.0 Å². The summed E-state index contributed by atoms with van der Waals surface area (Å²) in [5.74, 6) is 0.194. The summed E-state index contributed by atoms with van der Waals surface area (Å²) in [5.41, 5.74) is 4.46. The number of aryl methyl sites for hydroxylation is 1. The van der Waals surface area contributed by atoms with E-state index in [1.165, 1.54) is 21.9 Å². The summed E-state index contributed by atoms with van der Waals surface area (Å²) in [6.07, 6.45) is 2.75. The Morgan fingerprint density at radius 3 is 2.57 bits per heavy atom. The van der Waals surface area contributed by atoms with E-state index in [0.29, 0.717) is 0 Å². The van der Waals surface area contributed by atoms with Crippen molar-refractivity contribution in [2.75, 3.05) is 5.32 Å². The van der Waals surface area contributed by atoms with Gasteiger partial charge in [0.2, 0.25) is 5.91 Å². The average molecular weight is 308 g/mol. The van der Waals surface area contributed by atoms with Gasteiger partial charge in [-0.15, -0.1) is 0 Å². The molecule has 1 aromatic heterocycles. The van der Waals surface area contributed by atoms with Crippen LogP contribution in [-0.4, -0.2) is 10.9 Å². The third kappa shape index (κ3) is 2.83. The smallest absolute Gasteiger partial charge is 0.227 e.